The van der Waals surface area contributed by atoms with E-state index in [1.54, 1.807) is 12.1 Å². The number of amides is 1. The number of nitro benzene ring substituents is 1. The summed E-state index contributed by atoms with van der Waals surface area (Å²) >= 11 is 2.15. The number of nitrogens with one attached hydrogen (secondary N) is 1. The van der Waals surface area contributed by atoms with Crippen LogP contribution in [0.25, 0.3) is 0 Å². The summed E-state index contributed by atoms with van der Waals surface area (Å²) in [7, 11) is 0. The van der Waals surface area contributed by atoms with E-state index < -0.39 is 10.8 Å². The highest BCUT2D eigenvalue weighted by molar-refractivity contribution is 14.1. The highest BCUT2D eigenvalue weighted by atomic mass is 127. The van der Waals surface area contributed by atoms with Crippen LogP contribution in [0.3, 0.4) is 0 Å². The van der Waals surface area contributed by atoms with E-state index in [1.165, 1.54) is 18.2 Å². The first-order valence-electron chi connectivity index (χ1n) is 5.59. The first-order valence-corrected chi connectivity index (χ1v) is 6.66. The monoisotopic (exact) mass is 383 g/mol. The van der Waals surface area contributed by atoms with Crippen LogP contribution in [0.4, 0.5) is 17.1 Å². The maximum atomic E-state index is 12.1. The van der Waals surface area contributed by atoms with Gasteiger partial charge >= 0.3 is 0 Å². The number of nitro groups is 1. The van der Waals surface area contributed by atoms with Crippen molar-refractivity contribution >= 4 is 45.6 Å². The molecule has 0 unspecified atom stereocenters. The van der Waals surface area contributed by atoms with Gasteiger partial charge in [-0.3, -0.25) is 14.9 Å². The van der Waals surface area contributed by atoms with Crippen LogP contribution in [0.2, 0.25) is 0 Å². The first-order chi connectivity index (χ1) is 9.49. The fraction of sp³-hybridized carbons (Fsp3) is 0. The predicted octanol–water partition coefficient (Wildman–Crippen LogP) is 3.03. The lowest BCUT2D eigenvalue weighted by Gasteiger charge is -2.07. The Bertz CT molecular complexity index is 671. The SMILES string of the molecule is Nc1c(C(=O)Nc2ccc(I)cc2)cccc1[N+](=O)[O-]. The second-order valence-corrected chi connectivity index (χ2v) is 5.20. The molecule has 2 rings (SSSR count). The Morgan fingerprint density at radius 1 is 1.20 bits per heavy atom. The lowest BCUT2D eigenvalue weighted by atomic mass is 10.1. The quantitative estimate of drug-likeness (QED) is 0.368. The molecule has 2 aromatic carbocycles. The number of hydrogen-bond acceptors (Lipinski definition) is 4. The van der Waals surface area contributed by atoms with Gasteiger partial charge in [-0.15, -0.1) is 0 Å². The molecule has 2 aromatic rings. The summed E-state index contributed by atoms with van der Waals surface area (Å²) in [6, 6.07) is 11.3. The van der Waals surface area contributed by atoms with Crippen molar-refractivity contribution in [2.45, 2.75) is 0 Å². The molecule has 0 aliphatic heterocycles. The molecule has 20 heavy (non-hydrogen) atoms. The van der Waals surface area contributed by atoms with E-state index in [4.69, 9.17) is 5.73 Å². The summed E-state index contributed by atoms with van der Waals surface area (Å²) in [4.78, 5) is 22.3. The zero-order valence-corrected chi connectivity index (χ0v) is 12.3. The number of para-hydroxylation sites is 1. The third-order valence-electron chi connectivity index (χ3n) is 2.63. The number of nitrogens with two attached hydrogens (primary N) is 1. The third kappa shape index (κ3) is 3.05. The van der Waals surface area contributed by atoms with Gasteiger partial charge in [0.05, 0.1) is 10.5 Å². The van der Waals surface area contributed by atoms with Crippen molar-refractivity contribution in [3.8, 4) is 0 Å². The van der Waals surface area contributed by atoms with E-state index in [0.717, 1.165) is 3.57 Å². The largest absolute Gasteiger partial charge is 0.393 e. The molecule has 7 heteroatoms. The van der Waals surface area contributed by atoms with Crippen LogP contribution in [0.5, 0.6) is 0 Å². The van der Waals surface area contributed by atoms with Gasteiger partial charge in [0, 0.05) is 15.3 Å². The van der Waals surface area contributed by atoms with Crippen LogP contribution in [0.1, 0.15) is 10.4 Å². The minimum Gasteiger partial charge on any atom is -0.393 e. The molecule has 0 aromatic heterocycles. The second kappa shape index (κ2) is 5.87. The Hall–Kier alpha value is -2.16. The topological polar surface area (TPSA) is 98.3 Å². The number of anilines is 2. The average molecular weight is 383 g/mol. The van der Waals surface area contributed by atoms with Gasteiger partial charge in [0.1, 0.15) is 5.69 Å². The van der Waals surface area contributed by atoms with Gasteiger partial charge in [0.25, 0.3) is 11.6 Å². The molecule has 0 aliphatic rings. The highest BCUT2D eigenvalue weighted by Gasteiger charge is 2.18. The number of hydrogen-bond donors (Lipinski definition) is 2. The minimum atomic E-state index is -0.614. The maximum absolute atomic E-state index is 12.1. The van der Waals surface area contributed by atoms with Crippen LogP contribution in [-0.4, -0.2) is 10.8 Å². The van der Waals surface area contributed by atoms with Crippen molar-refractivity contribution < 1.29 is 9.72 Å². The number of carbonyl (C=O) groups is 1. The Labute approximate surface area is 128 Å². The van der Waals surface area contributed by atoms with Crippen molar-refractivity contribution in [2.75, 3.05) is 11.1 Å². The van der Waals surface area contributed by atoms with Crippen LogP contribution in [-0.2, 0) is 0 Å². The molecule has 3 N–H and O–H groups in total. The molecule has 6 nitrogen and oxygen atoms in total. The Kier molecular flexibility index (Phi) is 4.18. The number of benzene rings is 2. The zero-order valence-electron chi connectivity index (χ0n) is 10.2. The number of nitrogens with zero attached hydrogens (tertiary/aromatic N) is 1. The van der Waals surface area contributed by atoms with Crippen LogP contribution in [0.15, 0.2) is 42.5 Å². The Balaban J connectivity index is 2.28. The molecule has 0 spiro atoms. The summed E-state index contributed by atoms with van der Waals surface area (Å²) in [6.07, 6.45) is 0. The van der Waals surface area contributed by atoms with E-state index in [1.807, 2.05) is 12.1 Å². The van der Waals surface area contributed by atoms with E-state index in [9.17, 15) is 14.9 Å². The number of rotatable bonds is 3. The van der Waals surface area contributed by atoms with E-state index in [2.05, 4.69) is 27.9 Å². The van der Waals surface area contributed by atoms with Gasteiger partial charge in [-0.25, -0.2) is 0 Å². The molecular weight excluding hydrogens is 373 g/mol. The molecule has 0 atom stereocenters. The molecule has 102 valence electrons. The number of nitrogen functional groups attached to an aromatic ring is 1. The summed E-state index contributed by atoms with van der Waals surface area (Å²) in [5.74, 6) is -0.479. The van der Waals surface area contributed by atoms with Crippen molar-refractivity contribution in [2.24, 2.45) is 0 Å². The lowest BCUT2D eigenvalue weighted by molar-refractivity contribution is -0.383. The van der Waals surface area contributed by atoms with Gasteiger partial charge < -0.3 is 11.1 Å². The normalized spacial score (nSPS) is 10.1. The van der Waals surface area contributed by atoms with E-state index >= 15 is 0 Å². The van der Waals surface area contributed by atoms with Crippen molar-refractivity contribution in [1.29, 1.82) is 0 Å². The van der Waals surface area contributed by atoms with Gasteiger partial charge in [0.2, 0.25) is 0 Å². The average Bonchev–Trinajstić information content (AvgIpc) is 2.41. The molecule has 0 saturated heterocycles. The van der Waals surface area contributed by atoms with Crippen molar-refractivity contribution in [3.63, 3.8) is 0 Å². The van der Waals surface area contributed by atoms with Crippen LogP contribution >= 0.6 is 22.6 Å². The molecule has 0 heterocycles. The summed E-state index contributed by atoms with van der Waals surface area (Å²) in [5, 5.41) is 13.4. The van der Waals surface area contributed by atoms with Gasteiger partial charge in [-0.05, 0) is 52.9 Å². The molecule has 1 amide bonds. The molecular formula is C13H10IN3O3. The fourth-order valence-electron chi connectivity index (χ4n) is 1.64. The summed E-state index contributed by atoms with van der Waals surface area (Å²) < 4.78 is 1.04. The fourth-order valence-corrected chi connectivity index (χ4v) is 2.00. The third-order valence-corrected chi connectivity index (χ3v) is 3.35. The second-order valence-electron chi connectivity index (χ2n) is 3.96. The van der Waals surface area contributed by atoms with Gasteiger partial charge in [-0.2, -0.15) is 0 Å². The highest BCUT2D eigenvalue weighted by Crippen LogP contribution is 2.25. The molecule has 0 saturated carbocycles. The summed E-state index contributed by atoms with van der Waals surface area (Å²) in [6.45, 7) is 0. The molecule has 0 bridgehead atoms. The zero-order chi connectivity index (χ0) is 14.7. The van der Waals surface area contributed by atoms with E-state index in [0.29, 0.717) is 5.69 Å². The lowest BCUT2D eigenvalue weighted by Crippen LogP contribution is -2.14. The van der Waals surface area contributed by atoms with Crippen molar-refractivity contribution in [3.05, 3.63) is 61.7 Å². The smallest absolute Gasteiger partial charge is 0.292 e. The number of halogens is 1. The van der Waals surface area contributed by atoms with Crippen LogP contribution in [0, 0.1) is 13.7 Å². The van der Waals surface area contributed by atoms with Gasteiger partial charge in [0.15, 0.2) is 0 Å². The van der Waals surface area contributed by atoms with Crippen LogP contribution < -0.4 is 11.1 Å². The number of carbonyl (C=O) groups excluding carboxylic acids is 1. The minimum absolute atomic E-state index is 0.0813. The predicted molar refractivity (Wildman–Crippen MR) is 84.6 cm³/mol. The maximum Gasteiger partial charge on any atom is 0.292 e. The van der Waals surface area contributed by atoms with Crippen molar-refractivity contribution in [1.82, 2.24) is 0 Å². The Morgan fingerprint density at radius 2 is 1.85 bits per heavy atom. The van der Waals surface area contributed by atoms with E-state index in [-0.39, 0.29) is 16.9 Å². The first kappa shape index (κ1) is 14.3. The standard InChI is InChI=1S/C13H10IN3O3/c14-8-4-6-9(7-5-8)16-13(18)10-2-1-3-11(12(10)15)17(19)20/h1-7H,15H2,(H,16,18). The molecule has 0 fully saturated rings. The van der Waals surface area contributed by atoms with Gasteiger partial charge in [-0.1, -0.05) is 6.07 Å². The molecule has 0 radical (unpaired) electrons. The molecule has 0 aliphatic carbocycles. The summed E-state index contributed by atoms with van der Waals surface area (Å²) in [5.41, 5.74) is 5.92. The Morgan fingerprint density at radius 3 is 2.45 bits per heavy atom.